The number of primary amides is 1. The van der Waals surface area contributed by atoms with Gasteiger partial charge in [-0.2, -0.15) is 0 Å². The lowest BCUT2D eigenvalue weighted by Gasteiger charge is -2.42. The number of benzene rings is 2. The first-order chi connectivity index (χ1) is 17.2. The molecular weight excluding hydrogens is 481 g/mol. The molecule has 1 aliphatic carbocycles. The van der Waals surface area contributed by atoms with E-state index in [-0.39, 0.29) is 28.7 Å². The van der Waals surface area contributed by atoms with Crippen LogP contribution in [0.4, 0.5) is 4.39 Å². The van der Waals surface area contributed by atoms with Crippen molar-refractivity contribution in [2.75, 3.05) is 6.54 Å². The predicted molar refractivity (Wildman–Crippen MR) is 135 cm³/mol. The molecule has 2 atom stereocenters. The van der Waals surface area contributed by atoms with Crippen molar-refractivity contribution in [1.29, 1.82) is 0 Å². The first-order valence-corrected chi connectivity index (χ1v) is 14.0. The number of imidazole rings is 1. The first-order valence-electron chi connectivity index (χ1n) is 12.5. The van der Waals surface area contributed by atoms with E-state index < -0.39 is 21.3 Å². The normalized spacial score (nSPS) is 25.7. The number of halogens is 1. The van der Waals surface area contributed by atoms with E-state index in [4.69, 9.17) is 5.73 Å². The van der Waals surface area contributed by atoms with Gasteiger partial charge < -0.3 is 16.0 Å². The number of hydrogen-bond acceptors (Lipinski definition) is 5. The van der Waals surface area contributed by atoms with Crippen molar-refractivity contribution in [2.45, 2.75) is 68.3 Å². The van der Waals surface area contributed by atoms with Gasteiger partial charge in [0.25, 0.3) is 0 Å². The molecule has 1 saturated heterocycles. The third-order valence-corrected chi connectivity index (χ3v) is 9.58. The standard InChI is InChI=1S/C26H32FN5O3S/c1-16(17-4-6-18(27)7-5-17)26(25(28)33)12-10-19(11-13-26)32-36(34,35)20-8-9-21-23(15-20)31-24(30-21)22-3-2-14-29-22/h4-9,15-16,19,22,29,32H,2-3,10-14H2,1H3,(H2,28,33)(H,30,31)/t16-,19?,22+,26?/m1/s1. The van der Waals surface area contributed by atoms with Gasteiger partial charge in [-0.25, -0.2) is 22.5 Å². The minimum absolute atomic E-state index is 0.167. The SMILES string of the molecule is C[C@H](c1ccc(F)cc1)C1(C(N)=O)CCC(NS(=O)(=O)c2ccc3nc([C@@H]4CCCN4)[nH]c3c2)CC1. The molecule has 8 nitrogen and oxygen atoms in total. The molecule has 2 heterocycles. The maximum atomic E-state index is 13.4. The number of hydrogen-bond donors (Lipinski definition) is 4. The molecule has 10 heteroatoms. The number of carbonyl (C=O) groups excluding carboxylic acids is 1. The minimum atomic E-state index is -3.77. The van der Waals surface area contributed by atoms with Crippen LogP contribution in [0.3, 0.4) is 0 Å². The van der Waals surface area contributed by atoms with Crippen molar-refractivity contribution < 1.29 is 17.6 Å². The molecule has 1 aliphatic heterocycles. The maximum Gasteiger partial charge on any atom is 0.240 e. The summed E-state index contributed by atoms with van der Waals surface area (Å²) in [6, 6.07) is 10.9. The average molecular weight is 514 g/mol. The van der Waals surface area contributed by atoms with Crippen molar-refractivity contribution in [3.8, 4) is 0 Å². The number of aromatic amines is 1. The summed E-state index contributed by atoms with van der Waals surface area (Å²) in [5.74, 6) is -0.121. The summed E-state index contributed by atoms with van der Waals surface area (Å²) in [7, 11) is -3.77. The number of nitrogens with zero attached hydrogens (tertiary/aromatic N) is 1. The van der Waals surface area contributed by atoms with Gasteiger partial charge in [-0.15, -0.1) is 0 Å². The Balaban J connectivity index is 1.29. The molecule has 0 bridgehead atoms. The highest BCUT2D eigenvalue weighted by Gasteiger charge is 2.45. The van der Waals surface area contributed by atoms with Crippen LogP contribution in [0.5, 0.6) is 0 Å². The second kappa shape index (κ2) is 9.57. The van der Waals surface area contributed by atoms with Crippen LogP contribution in [0, 0.1) is 11.2 Å². The maximum absolute atomic E-state index is 13.4. The molecule has 2 fully saturated rings. The van der Waals surface area contributed by atoms with E-state index >= 15 is 0 Å². The molecule has 1 amide bonds. The lowest BCUT2D eigenvalue weighted by Crippen LogP contribution is -2.48. The lowest BCUT2D eigenvalue weighted by atomic mass is 9.63. The summed E-state index contributed by atoms with van der Waals surface area (Å²) in [5, 5.41) is 3.39. The highest BCUT2D eigenvalue weighted by molar-refractivity contribution is 7.89. The summed E-state index contributed by atoms with van der Waals surface area (Å²) >= 11 is 0. The van der Waals surface area contributed by atoms with Crippen molar-refractivity contribution in [1.82, 2.24) is 20.0 Å². The van der Waals surface area contributed by atoms with E-state index in [1.165, 1.54) is 12.1 Å². The quantitative estimate of drug-likeness (QED) is 0.383. The van der Waals surface area contributed by atoms with Crippen LogP contribution in [0.25, 0.3) is 11.0 Å². The summed E-state index contributed by atoms with van der Waals surface area (Å²) in [6.07, 6.45) is 3.96. The third-order valence-electron chi connectivity index (χ3n) is 8.06. The van der Waals surface area contributed by atoms with Gasteiger partial charge in [0.2, 0.25) is 15.9 Å². The van der Waals surface area contributed by atoms with Crippen LogP contribution < -0.4 is 15.8 Å². The highest BCUT2D eigenvalue weighted by atomic mass is 32.2. The zero-order valence-electron chi connectivity index (χ0n) is 20.3. The Bertz CT molecular complexity index is 1360. The van der Waals surface area contributed by atoms with Crippen LogP contribution in [-0.2, 0) is 14.8 Å². The molecule has 2 aliphatic rings. The fraction of sp³-hybridized carbons (Fsp3) is 0.462. The van der Waals surface area contributed by atoms with Crippen LogP contribution in [0.1, 0.15) is 68.8 Å². The zero-order chi connectivity index (χ0) is 25.5. The number of H-pyrrole nitrogens is 1. The number of fused-ring (bicyclic) bond motifs is 1. The smallest absolute Gasteiger partial charge is 0.240 e. The predicted octanol–water partition coefficient (Wildman–Crippen LogP) is 3.62. The Hall–Kier alpha value is -2.82. The second-order valence-corrected chi connectivity index (χ2v) is 11.9. The van der Waals surface area contributed by atoms with E-state index in [1.54, 1.807) is 30.3 Å². The van der Waals surface area contributed by atoms with Crippen LogP contribution in [0.15, 0.2) is 47.4 Å². The summed E-state index contributed by atoms with van der Waals surface area (Å²) in [4.78, 5) is 20.6. The molecule has 5 N–H and O–H groups in total. The minimum Gasteiger partial charge on any atom is -0.369 e. The number of carbonyl (C=O) groups is 1. The van der Waals surface area contributed by atoms with Gasteiger partial charge in [0.1, 0.15) is 11.6 Å². The van der Waals surface area contributed by atoms with Crippen molar-refractivity contribution >= 4 is 27.0 Å². The molecule has 5 rings (SSSR count). The van der Waals surface area contributed by atoms with Gasteiger partial charge in [0.05, 0.1) is 27.4 Å². The monoisotopic (exact) mass is 513 g/mol. The van der Waals surface area contributed by atoms with E-state index in [1.807, 2.05) is 6.92 Å². The van der Waals surface area contributed by atoms with Gasteiger partial charge in [0, 0.05) is 6.04 Å². The van der Waals surface area contributed by atoms with Crippen molar-refractivity contribution in [2.24, 2.45) is 11.1 Å². The zero-order valence-corrected chi connectivity index (χ0v) is 21.1. The number of aromatic nitrogens is 2. The van der Waals surface area contributed by atoms with E-state index in [2.05, 4.69) is 20.0 Å². The molecular formula is C26H32FN5O3S. The Morgan fingerprint density at radius 2 is 1.89 bits per heavy atom. The van der Waals surface area contributed by atoms with Crippen LogP contribution in [0.2, 0.25) is 0 Å². The third kappa shape index (κ3) is 4.65. The molecule has 3 aromatic rings. The number of amides is 1. The van der Waals surface area contributed by atoms with Crippen molar-refractivity contribution in [3.63, 3.8) is 0 Å². The Kier molecular flexibility index (Phi) is 6.61. The van der Waals surface area contributed by atoms with E-state index in [0.717, 1.165) is 36.3 Å². The molecule has 1 aromatic heterocycles. The van der Waals surface area contributed by atoms with Gasteiger partial charge in [0.15, 0.2) is 0 Å². The van der Waals surface area contributed by atoms with Gasteiger partial charge in [-0.1, -0.05) is 19.1 Å². The molecule has 0 radical (unpaired) electrons. The molecule has 0 unspecified atom stereocenters. The van der Waals surface area contributed by atoms with Gasteiger partial charge >= 0.3 is 0 Å². The Labute approximate surface area is 210 Å². The van der Waals surface area contributed by atoms with E-state index in [9.17, 15) is 17.6 Å². The number of nitrogens with two attached hydrogens (primary N) is 1. The number of sulfonamides is 1. The van der Waals surface area contributed by atoms with E-state index in [0.29, 0.717) is 31.2 Å². The Morgan fingerprint density at radius 3 is 2.53 bits per heavy atom. The fourth-order valence-electron chi connectivity index (χ4n) is 5.76. The molecule has 192 valence electrons. The summed E-state index contributed by atoms with van der Waals surface area (Å²) in [5.41, 5.74) is 7.32. The van der Waals surface area contributed by atoms with Crippen molar-refractivity contribution in [3.05, 3.63) is 59.7 Å². The molecule has 36 heavy (non-hydrogen) atoms. The largest absolute Gasteiger partial charge is 0.369 e. The summed E-state index contributed by atoms with van der Waals surface area (Å²) < 4.78 is 42.6. The number of nitrogens with one attached hydrogen (secondary N) is 3. The highest BCUT2D eigenvalue weighted by Crippen LogP contribution is 2.47. The second-order valence-electron chi connectivity index (χ2n) is 10.1. The van der Waals surface area contributed by atoms with Gasteiger partial charge in [-0.3, -0.25) is 4.79 Å². The first kappa shape index (κ1) is 24.9. The number of rotatable bonds is 7. The molecule has 0 spiro atoms. The molecule has 2 aromatic carbocycles. The van der Waals surface area contributed by atoms with Gasteiger partial charge in [-0.05, 0) is 86.9 Å². The average Bonchev–Trinajstić information content (AvgIpc) is 3.54. The Morgan fingerprint density at radius 1 is 1.17 bits per heavy atom. The fourth-order valence-corrected chi connectivity index (χ4v) is 7.09. The summed E-state index contributed by atoms with van der Waals surface area (Å²) in [6.45, 7) is 2.88. The lowest BCUT2D eigenvalue weighted by molar-refractivity contribution is -0.131. The topological polar surface area (TPSA) is 130 Å². The van der Waals surface area contributed by atoms with Crippen LogP contribution in [-0.4, -0.2) is 36.9 Å². The van der Waals surface area contributed by atoms with Crippen LogP contribution >= 0.6 is 0 Å². The molecule has 1 saturated carbocycles.